The Hall–Kier alpha value is -0.770. The first-order valence-electron chi connectivity index (χ1n) is 6.45. The summed E-state index contributed by atoms with van der Waals surface area (Å²) in [6, 6.07) is 0.868. The molecule has 0 spiro atoms. The number of carbonyl (C=O) groups is 1. The highest BCUT2D eigenvalue weighted by Crippen LogP contribution is 2.28. The van der Waals surface area contributed by atoms with Gasteiger partial charge in [0.1, 0.15) is 0 Å². The number of amides is 2. The van der Waals surface area contributed by atoms with Gasteiger partial charge in [0.15, 0.2) is 0 Å². The van der Waals surface area contributed by atoms with E-state index in [0.717, 1.165) is 19.3 Å². The molecule has 0 aromatic carbocycles. The smallest absolute Gasteiger partial charge is 0.317 e. The van der Waals surface area contributed by atoms with Crippen LogP contribution in [0.25, 0.3) is 0 Å². The molecule has 16 heavy (non-hydrogen) atoms. The first-order chi connectivity index (χ1) is 7.72. The molecule has 2 atom stereocenters. The molecule has 2 saturated carbocycles. The minimum atomic E-state index is 0.0926. The van der Waals surface area contributed by atoms with E-state index in [9.17, 15) is 4.79 Å². The van der Waals surface area contributed by atoms with E-state index >= 15 is 0 Å². The van der Waals surface area contributed by atoms with Gasteiger partial charge >= 0.3 is 6.03 Å². The third kappa shape index (κ3) is 2.32. The minimum absolute atomic E-state index is 0.0926. The Labute approximate surface area is 97.6 Å². The second-order valence-corrected chi connectivity index (χ2v) is 5.18. The quantitative estimate of drug-likeness (QED) is 0.761. The molecule has 0 radical (unpaired) electrons. The maximum absolute atomic E-state index is 12.0. The van der Waals surface area contributed by atoms with Crippen molar-refractivity contribution in [1.29, 1.82) is 0 Å². The van der Waals surface area contributed by atoms with Gasteiger partial charge in [0.25, 0.3) is 0 Å². The molecule has 2 aliphatic rings. The van der Waals surface area contributed by atoms with E-state index in [1.165, 1.54) is 19.3 Å². The SMILES string of the molecule is CN(C(=O)NC1CCC1)C1CCCC1CN. The standard InChI is InChI=1S/C12H23N3O/c1-15(11-7-2-4-9(11)8-13)12(16)14-10-5-3-6-10/h9-11H,2-8,13H2,1H3,(H,14,16). The van der Waals surface area contributed by atoms with Crippen LogP contribution in [0.4, 0.5) is 4.79 Å². The minimum Gasteiger partial charge on any atom is -0.335 e. The highest BCUT2D eigenvalue weighted by Gasteiger charge is 2.32. The molecule has 2 rings (SSSR count). The molecular weight excluding hydrogens is 202 g/mol. The lowest BCUT2D eigenvalue weighted by molar-refractivity contribution is 0.167. The van der Waals surface area contributed by atoms with Gasteiger partial charge in [-0.2, -0.15) is 0 Å². The maximum Gasteiger partial charge on any atom is 0.317 e. The summed E-state index contributed by atoms with van der Waals surface area (Å²) in [4.78, 5) is 13.8. The number of hydrogen-bond donors (Lipinski definition) is 2. The normalized spacial score (nSPS) is 29.9. The van der Waals surface area contributed by atoms with Crippen LogP contribution in [0.2, 0.25) is 0 Å². The summed E-state index contributed by atoms with van der Waals surface area (Å²) in [6.45, 7) is 0.700. The van der Waals surface area contributed by atoms with Crippen molar-refractivity contribution in [2.24, 2.45) is 11.7 Å². The Morgan fingerprint density at radius 2 is 2.00 bits per heavy atom. The third-order valence-electron chi connectivity index (χ3n) is 4.17. The van der Waals surface area contributed by atoms with Crippen LogP contribution >= 0.6 is 0 Å². The van der Waals surface area contributed by atoms with Gasteiger partial charge in [-0.15, -0.1) is 0 Å². The fraction of sp³-hybridized carbons (Fsp3) is 0.917. The van der Waals surface area contributed by atoms with E-state index in [2.05, 4.69) is 5.32 Å². The summed E-state index contributed by atoms with van der Waals surface area (Å²) in [5, 5.41) is 3.08. The topological polar surface area (TPSA) is 58.4 Å². The fourth-order valence-electron chi connectivity index (χ4n) is 2.78. The van der Waals surface area contributed by atoms with E-state index in [1.54, 1.807) is 0 Å². The highest BCUT2D eigenvalue weighted by molar-refractivity contribution is 5.74. The van der Waals surface area contributed by atoms with Gasteiger partial charge in [0.2, 0.25) is 0 Å². The molecule has 0 aromatic heterocycles. The van der Waals surface area contributed by atoms with Crippen molar-refractivity contribution in [2.75, 3.05) is 13.6 Å². The van der Waals surface area contributed by atoms with Gasteiger partial charge in [-0.25, -0.2) is 4.79 Å². The first-order valence-corrected chi connectivity index (χ1v) is 6.45. The van der Waals surface area contributed by atoms with E-state index in [0.29, 0.717) is 24.5 Å². The Balaban J connectivity index is 1.84. The number of urea groups is 1. The summed E-state index contributed by atoms with van der Waals surface area (Å²) >= 11 is 0. The lowest BCUT2D eigenvalue weighted by atomic mass is 9.93. The second kappa shape index (κ2) is 5.04. The van der Waals surface area contributed by atoms with Crippen LogP contribution in [0.3, 0.4) is 0 Å². The van der Waals surface area contributed by atoms with Gasteiger partial charge in [-0.3, -0.25) is 0 Å². The van der Waals surface area contributed by atoms with Crippen molar-refractivity contribution in [3.8, 4) is 0 Å². The van der Waals surface area contributed by atoms with Gasteiger partial charge < -0.3 is 16.0 Å². The van der Waals surface area contributed by atoms with Crippen LogP contribution in [-0.2, 0) is 0 Å². The highest BCUT2D eigenvalue weighted by atomic mass is 16.2. The zero-order valence-electron chi connectivity index (χ0n) is 10.1. The van der Waals surface area contributed by atoms with Gasteiger partial charge in [0.05, 0.1) is 0 Å². The average Bonchev–Trinajstić information content (AvgIpc) is 2.69. The molecule has 0 saturated heterocycles. The summed E-state index contributed by atoms with van der Waals surface area (Å²) in [7, 11) is 1.91. The van der Waals surface area contributed by atoms with Crippen LogP contribution in [-0.4, -0.2) is 36.6 Å². The summed E-state index contributed by atoms with van der Waals surface area (Å²) in [5.74, 6) is 0.497. The van der Waals surface area contributed by atoms with Crippen LogP contribution in [0, 0.1) is 5.92 Å². The van der Waals surface area contributed by atoms with Crippen molar-refractivity contribution in [2.45, 2.75) is 50.6 Å². The largest absolute Gasteiger partial charge is 0.335 e. The second-order valence-electron chi connectivity index (χ2n) is 5.18. The fourth-order valence-corrected chi connectivity index (χ4v) is 2.78. The van der Waals surface area contributed by atoms with E-state index < -0.39 is 0 Å². The summed E-state index contributed by atoms with van der Waals surface area (Å²) < 4.78 is 0. The zero-order valence-corrected chi connectivity index (χ0v) is 10.1. The van der Waals surface area contributed by atoms with Gasteiger partial charge in [-0.1, -0.05) is 6.42 Å². The van der Waals surface area contributed by atoms with Crippen molar-refractivity contribution >= 4 is 6.03 Å². The number of nitrogens with zero attached hydrogens (tertiary/aromatic N) is 1. The molecule has 2 fully saturated rings. The number of carbonyl (C=O) groups excluding carboxylic acids is 1. The van der Waals surface area contributed by atoms with Crippen molar-refractivity contribution in [3.05, 3.63) is 0 Å². The van der Waals surface area contributed by atoms with Crippen molar-refractivity contribution in [1.82, 2.24) is 10.2 Å². The number of hydrogen-bond acceptors (Lipinski definition) is 2. The Morgan fingerprint density at radius 1 is 1.31 bits per heavy atom. The van der Waals surface area contributed by atoms with Crippen molar-refractivity contribution in [3.63, 3.8) is 0 Å². The first kappa shape index (κ1) is 11.7. The molecule has 2 aliphatic carbocycles. The number of rotatable bonds is 3. The average molecular weight is 225 g/mol. The van der Waals surface area contributed by atoms with E-state index in [4.69, 9.17) is 5.73 Å². The molecule has 2 amide bonds. The van der Waals surface area contributed by atoms with Gasteiger partial charge in [0, 0.05) is 19.1 Å². The molecule has 92 valence electrons. The Kier molecular flexibility index (Phi) is 3.69. The molecule has 2 unspecified atom stereocenters. The predicted molar refractivity (Wildman–Crippen MR) is 64.1 cm³/mol. The third-order valence-corrected chi connectivity index (χ3v) is 4.17. The lowest BCUT2D eigenvalue weighted by Crippen LogP contribution is -2.50. The zero-order chi connectivity index (χ0) is 11.5. The van der Waals surface area contributed by atoms with Crippen LogP contribution in [0.5, 0.6) is 0 Å². The summed E-state index contributed by atoms with van der Waals surface area (Å²) in [6.07, 6.45) is 7.02. The molecule has 0 bridgehead atoms. The van der Waals surface area contributed by atoms with E-state index in [-0.39, 0.29) is 6.03 Å². The molecule has 3 N–H and O–H groups in total. The monoisotopic (exact) mass is 225 g/mol. The molecule has 4 nitrogen and oxygen atoms in total. The number of nitrogens with two attached hydrogens (primary N) is 1. The van der Waals surface area contributed by atoms with Gasteiger partial charge in [-0.05, 0) is 44.6 Å². The van der Waals surface area contributed by atoms with E-state index in [1.807, 2.05) is 11.9 Å². The van der Waals surface area contributed by atoms with Crippen LogP contribution in [0.1, 0.15) is 38.5 Å². The number of nitrogens with one attached hydrogen (secondary N) is 1. The van der Waals surface area contributed by atoms with Crippen molar-refractivity contribution < 1.29 is 4.79 Å². The lowest BCUT2D eigenvalue weighted by Gasteiger charge is -2.33. The predicted octanol–water partition coefficient (Wildman–Crippen LogP) is 1.31. The van der Waals surface area contributed by atoms with Crippen LogP contribution < -0.4 is 11.1 Å². The Bertz CT molecular complexity index is 253. The Morgan fingerprint density at radius 3 is 2.56 bits per heavy atom. The molecule has 4 heteroatoms. The maximum atomic E-state index is 12.0. The van der Waals surface area contributed by atoms with Crippen LogP contribution in [0.15, 0.2) is 0 Å². The summed E-state index contributed by atoms with van der Waals surface area (Å²) in [5.41, 5.74) is 5.74. The molecule has 0 aromatic rings. The molecule has 0 aliphatic heterocycles. The molecule has 0 heterocycles. The molecular formula is C12H23N3O.